The van der Waals surface area contributed by atoms with Gasteiger partial charge in [0.05, 0.1) is 4.92 Å². The monoisotopic (exact) mass is 253 g/mol. The summed E-state index contributed by atoms with van der Waals surface area (Å²) in [6.45, 7) is 8.03. The maximum absolute atomic E-state index is 10.9. The molecule has 1 rings (SSSR count). The molecular weight excluding hydrogens is 230 g/mol. The molecule has 5 heteroatoms. The summed E-state index contributed by atoms with van der Waals surface area (Å²) in [5, 5.41) is 14.0. The Bertz CT molecular complexity index is 372. The standard InChI is InChI=1S/C13H23N3O2/c1-10(2)15(8-7-14-4)13-9-12(16(17)18)6-5-11(13)3/h9-10,14H,5-8H2,1-4H3. The van der Waals surface area contributed by atoms with Crippen molar-refractivity contribution in [2.45, 2.75) is 39.7 Å². The van der Waals surface area contributed by atoms with Crippen LogP contribution in [0.1, 0.15) is 33.6 Å². The normalized spacial score (nSPS) is 15.9. The highest BCUT2D eigenvalue weighted by Gasteiger charge is 2.23. The molecule has 5 nitrogen and oxygen atoms in total. The maximum Gasteiger partial charge on any atom is 0.248 e. The fourth-order valence-corrected chi connectivity index (χ4v) is 2.16. The van der Waals surface area contributed by atoms with E-state index in [2.05, 4.69) is 31.0 Å². The lowest BCUT2D eigenvalue weighted by Crippen LogP contribution is -2.36. The fourth-order valence-electron chi connectivity index (χ4n) is 2.16. The maximum atomic E-state index is 10.9. The van der Waals surface area contributed by atoms with Crippen LogP contribution in [0, 0.1) is 10.1 Å². The Morgan fingerprint density at radius 1 is 1.50 bits per heavy atom. The third-order valence-electron chi connectivity index (χ3n) is 3.27. The van der Waals surface area contributed by atoms with E-state index in [9.17, 15) is 10.1 Å². The summed E-state index contributed by atoms with van der Waals surface area (Å²) in [5.41, 5.74) is 2.59. The topological polar surface area (TPSA) is 58.4 Å². The van der Waals surface area contributed by atoms with E-state index in [0.717, 1.165) is 25.2 Å². The summed E-state index contributed by atoms with van der Waals surface area (Å²) < 4.78 is 0. The molecule has 0 spiro atoms. The first-order valence-electron chi connectivity index (χ1n) is 6.43. The minimum atomic E-state index is -0.261. The number of hydrogen-bond donors (Lipinski definition) is 1. The van der Waals surface area contributed by atoms with Crippen LogP contribution in [-0.4, -0.2) is 36.0 Å². The molecule has 0 bridgehead atoms. The molecule has 18 heavy (non-hydrogen) atoms. The van der Waals surface area contributed by atoms with Gasteiger partial charge < -0.3 is 10.2 Å². The molecule has 0 saturated carbocycles. The number of nitro groups is 1. The second-order valence-corrected chi connectivity index (χ2v) is 4.95. The second-order valence-electron chi connectivity index (χ2n) is 4.95. The number of nitrogens with one attached hydrogen (secondary N) is 1. The Kier molecular flexibility index (Phi) is 5.34. The van der Waals surface area contributed by atoms with Crippen molar-refractivity contribution in [3.05, 3.63) is 33.2 Å². The molecule has 0 aromatic rings. The zero-order chi connectivity index (χ0) is 13.7. The Labute approximate surface area is 109 Å². The van der Waals surface area contributed by atoms with Crippen molar-refractivity contribution in [1.82, 2.24) is 10.2 Å². The summed E-state index contributed by atoms with van der Waals surface area (Å²) in [4.78, 5) is 12.9. The predicted molar refractivity (Wildman–Crippen MR) is 72.8 cm³/mol. The molecule has 1 aliphatic rings. The molecule has 0 aliphatic heterocycles. The Balaban J connectivity index is 2.97. The van der Waals surface area contributed by atoms with Gasteiger partial charge in [-0.25, -0.2) is 0 Å². The first-order valence-corrected chi connectivity index (χ1v) is 6.43. The molecule has 0 unspecified atom stereocenters. The summed E-state index contributed by atoms with van der Waals surface area (Å²) in [6, 6.07) is 0.339. The van der Waals surface area contributed by atoms with E-state index in [1.807, 2.05) is 7.05 Å². The summed E-state index contributed by atoms with van der Waals surface area (Å²) in [5.74, 6) is 0. The summed E-state index contributed by atoms with van der Waals surface area (Å²) in [6.07, 6.45) is 3.07. The van der Waals surface area contributed by atoms with Gasteiger partial charge in [0.2, 0.25) is 5.70 Å². The van der Waals surface area contributed by atoms with Gasteiger partial charge in [-0.1, -0.05) is 0 Å². The fraction of sp³-hybridized carbons (Fsp3) is 0.692. The Morgan fingerprint density at radius 3 is 2.67 bits per heavy atom. The van der Waals surface area contributed by atoms with Crippen LogP contribution in [0.3, 0.4) is 0 Å². The third-order valence-corrected chi connectivity index (χ3v) is 3.27. The number of likely N-dealkylation sites (N-methyl/N-ethyl adjacent to an activating group) is 1. The van der Waals surface area contributed by atoms with Gasteiger partial charge in [-0.05, 0) is 39.8 Å². The Morgan fingerprint density at radius 2 is 2.17 bits per heavy atom. The van der Waals surface area contributed by atoms with Gasteiger partial charge in [0.25, 0.3) is 0 Å². The van der Waals surface area contributed by atoms with Gasteiger partial charge in [-0.3, -0.25) is 10.1 Å². The summed E-state index contributed by atoms with van der Waals surface area (Å²) >= 11 is 0. The van der Waals surface area contributed by atoms with Crippen LogP contribution in [0.25, 0.3) is 0 Å². The quantitative estimate of drug-likeness (QED) is 0.582. The van der Waals surface area contributed by atoms with Crippen molar-refractivity contribution in [1.29, 1.82) is 0 Å². The molecule has 0 atom stereocenters. The number of rotatable bonds is 6. The van der Waals surface area contributed by atoms with Crippen molar-refractivity contribution in [3.63, 3.8) is 0 Å². The zero-order valence-corrected chi connectivity index (χ0v) is 11.7. The molecule has 0 saturated heterocycles. The molecule has 0 heterocycles. The largest absolute Gasteiger partial charge is 0.368 e. The average molecular weight is 253 g/mol. The molecule has 0 amide bonds. The van der Waals surface area contributed by atoms with Crippen LogP contribution in [0.15, 0.2) is 23.0 Å². The highest BCUT2D eigenvalue weighted by molar-refractivity contribution is 5.30. The minimum absolute atomic E-state index is 0.261. The van der Waals surface area contributed by atoms with Crippen molar-refractivity contribution >= 4 is 0 Å². The minimum Gasteiger partial charge on any atom is -0.368 e. The highest BCUT2D eigenvalue weighted by atomic mass is 16.6. The molecule has 1 N–H and O–H groups in total. The van der Waals surface area contributed by atoms with Crippen LogP contribution in [-0.2, 0) is 0 Å². The van der Waals surface area contributed by atoms with Crippen LogP contribution in [0.5, 0.6) is 0 Å². The molecule has 0 aromatic carbocycles. The van der Waals surface area contributed by atoms with Gasteiger partial charge >= 0.3 is 0 Å². The van der Waals surface area contributed by atoms with Crippen molar-refractivity contribution < 1.29 is 4.92 Å². The van der Waals surface area contributed by atoms with Gasteiger partial charge in [-0.2, -0.15) is 0 Å². The van der Waals surface area contributed by atoms with Crippen LogP contribution in [0.2, 0.25) is 0 Å². The smallest absolute Gasteiger partial charge is 0.248 e. The van der Waals surface area contributed by atoms with Crippen LogP contribution in [0.4, 0.5) is 0 Å². The number of nitrogens with zero attached hydrogens (tertiary/aromatic N) is 2. The van der Waals surface area contributed by atoms with Crippen molar-refractivity contribution in [2.75, 3.05) is 20.1 Å². The second kappa shape index (κ2) is 6.54. The molecule has 0 aromatic heterocycles. The van der Waals surface area contributed by atoms with Gasteiger partial charge in [0.15, 0.2) is 0 Å². The molecule has 0 radical (unpaired) electrons. The molecule has 102 valence electrons. The van der Waals surface area contributed by atoms with E-state index in [4.69, 9.17) is 0 Å². The van der Waals surface area contributed by atoms with E-state index in [-0.39, 0.29) is 4.92 Å². The van der Waals surface area contributed by atoms with Crippen LogP contribution >= 0.6 is 0 Å². The van der Waals surface area contributed by atoms with Gasteiger partial charge in [-0.15, -0.1) is 0 Å². The van der Waals surface area contributed by atoms with E-state index < -0.39 is 0 Å². The lowest BCUT2D eigenvalue weighted by molar-refractivity contribution is -0.428. The van der Waals surface area contributed by atoms with Crippen molar-refractivity contribution in [2.24, 2.45) is 0 Å². The first kappa shape index (κ1) is 14.7. The predicted octanol–water partition coefficient (Wildman–Crippen LogP) is 2.14. The van der Waals surface area contributed by atoms with E-state index >= 15 is 0 Å². The SMILES string of the molecule is CNCCN(C1=C(C)CCC([N+](=O)[O-])=C1)C(C)C. The van der Waals surface area contributed by atoms with E-state index in [0.29, 0.717) is 18.2 Å². The lowest BCUT2D eigenvalue weighted by Gasteiger charge is -2.32. The first-order chi connectivity index (χ1) is 8.47. The Hall–Kier alpha value is -1.36. The van der Waals surface area contributed by atoms with E-state index in [1.54, 1.807) is 6.08 Å². The third kappa shape index (κ3) is 3.57. The highest BCUT2D eigenvalue weighted by Crippen LogP contribution is 2.27. The van der Waals surface area contributed by atoms with E-state index in [1.165, 1.54) is 5.57 Å². The zero-order valence-electron chi connectivity index (χ0n) is 11.7. The molecule has 0 fully saturated rings. The van der Waals surface area contributed by atoms with Gasteiger partial charge in [0, 0.05) is 37.3 Å². The number of allylic oxidation sites excluding steroid dienone is 3. The molecular formula is C13H23N3O2. The summed E-state index contributed by atoms with van der Waals surface area (Å²) in [7, 11) is 1.92. The van der Waals surface area contributed by atoms with Crippen LogP contribution < -0.4 is 5.32 Å². The molecule has 1 aliphatic carbocycles. The average Bonchev–Trinajstić information content (AvgIpc) is 2.31. The number of hydrogen-bond acceptors (Lipinski definition) is 4. The lowest BCUT2D eigenvalue weighted by atomic mass is 9.99. The van der Waals surface area contributed by atoms with Crippen molar-refractivity contribution in [3.8, 4) is 0 Å². The van der Waals surface area contributed by atoms with Gasteiger partial charge in [0.1, 0.15) is 0 Å².